The van der Waals surface area contributed by atoms with Gasteiger partial charge in [-0.3, -0.25) is 4.55 Å². The van der Waals surface area contributed by atoms with Crippen molar-refractivity contribution in [3.05, 3.63) is 54.2 Å². The van der Waals surface area contributed by atoms with Crippen molar-refractivity contribution in [2.75, 3.05) is 0 Å². The van der Waals surface area contributed by atoms with Crippen molar-refractivity contribution in [2.45, 2.75) is 31.6 Å². The van der Waals surface area contributed by atoms with E-state index in [9.17, 15) is 17.8 Å². The number of ether oxygens (including phenoxy) is 1. The normalized spacial score (nSPS) is 11.6. The predicted octanol–water partition coefficient (Wildman–Crippen LogP) is 4.79. The van der Waals surface area contributed by atoms with Crippen molar-refractivity contribution in [2.24, 2.45) is 0 Å². The number of hydrogen-bond acceptors (Lipinski definition) is 4. The van der Waals surface area contributed by atoms with Gasteiger partial charge >= 0.3 is 5.97 Å². The summed E-state index contributed by atoms with van der Waals surface area (Å²) < 4.78 is 39.9. The van der Waals surface area contributed by atoms with Crippen LogP contribution in [0, 0.1) is 14.1 Å². The number of carbonyl (C=O) groups excluding carboxylic acids is 1. The summed E-state index contributed by atoms with van der Waals surface area (Å²) in [6, 6.07) is 8.18. The summed E-state index contributed by atoms with van der Waals surface area (Å²) in [6.07, 6.45) is 0. The highest BCUT2D eigenvalue weighted by atomic mass is 127. The largest absolute Gasteiger partial charge is 0.422 e. The first-order valence-corrected chi connectivity index (χ1v) is 10.9. The first-order chi connectivity index (χ1) is 11.5. The lowest BCUT2D eigenvalue weighted by Gasteiger charge is -2.15. The minimum absolute atomic E-state index is 0.180. The Balaban J connectivity index is 2.50. The monoisotopic (exact) mass is 586 g/mol. The maximum Gasteiger partial charge on any atom is 0.343 e. The van der Waals surface area contributed by atoms with Gasteiger partial charge in [0.25, 0.3) is 10.1 Å². The molecule has 8 heteroatoms. The lowest BCUT2D eigenvalue weighted by Crippen LogP contribution is -2.14. The number of aryl methyl sites for hydroxylation is 1. The molecule has 1 N–H and O–H groups in total. The zero-order chi connectivity index (χ0) is 18.9. The van der Waals surface area contributed by atoms with E-state index in [4.69, 9.17) is 4.74 Å². The molecule has 0 amide bonds. The second-order valence-electron chi connectivity index (χ2n) is 5.78. The number of carbonyl (C=O) groups is 1. The average molecular weight is 586 g/mol. The third-order valence-corrected chi connectivity index (χ3v) is 7.55. The van der Waals surface area contributed by atoms with E-state index in [1.165, 1.54) is 12.1 Å². The first kappa shape index (κ1) is 20.6. The van der Waals surface area contributed by atoms with Crippen molar-refractivity contribution in [1.82, 2.24) is 0 Å². The Hall–Kier alpha value is -0.720. The number of rotatable bonds is 4. The van der Waals surface area contributed by atoms with E-state index in [2.05, 4.69) is 45.2 Å². The van der Waals surface area contributed by atoms with Crippen LogP contribution in [0.4, 0.5) is 0 Å². The van der Waals surface area contributed by atoms with Gasteiger partial charge in [0.05, 0.1) is 14.0 Å². The summed E-state index contributed by atoms with van der Waals surface area (Å²) in [6.45, 7) is 5.18. The number of benzene rings is 2. The molecule has 134 valence electrons. The Bertz CT molecular complexity index is 936. The smallest absolute Gasteiger partial charge is 0.343 e. The average Bonchev–Trinajstić information content (AvgIpc) is 2.50. The number of halogens is 2. The summed E-state index contributed by atoms with van der Waals surface area (Å²) in [5, 5.41) is 0. The standard InChI is InChI=1S/C17H16I2O5S/c1-9(2)11-8-12(10(3)7-15(11)25(21,22)23)17(20)24-14-6-4-5-13(18)16(14)19/h4-9H,1-3H3,(H,21,22,23). The molecule has 2 aromatic rings. The van der Waals surface area contributed by atoms with Crippen LogP contribution in [0.5, 0.6) is 5.75 Å². The van der Waals surface area contributed by atoms with Gasteiger partial charge in [-0.15, -0.1) is 0 Å². The highest BCUT2D eigenvalue weighted by Crippen LogP contribution is 2.30. The van der Waals surface area contributed by atoms with Crippen LogP contribution in [0.3, 0.4) is 0 Å². The Morgan fingerprint density at radius 3 is 2.40 bits per heavy atom. The van der Waals surface area contributed by atoms with Gasteiger partial charge in [0.2, 0.25) is 0 Å². The van der Waals surface area contributed by atoms with Crippen molar-refractivity contribution < 1.29 is 22.5 Å². The fourth-order valence-electron chi connectivity index (χ4n) is 2.31. The molecule has 0 radical (unpaired) electrons. The molecule has 0 spiro atoms. The van der Waals surface area contributed by atoms with Gasteiger partial charge in [-0.25, -0.2) is 4.79 Å². The number of hydrogen-bond donors (Lipinski definition) is 1. The molecule has 0 atom stereocenters. The first-order valence-electron chi connectivity index (χ1n) is 7.30. The topological polar surface area (TPSA) is 80.7 Å². The molecule has 0 aromatic heterocycles. The Labute approximate surface area is 174 Å². The minimum Gasteiger partial charge on any atom is -0.422 e. The molecule has 0 unspecified atom stereocenters. The van der Waals surface area contributed by atoms with Crippen LogP contribution in [0.1, 0.15) is 41.3 Å². The van der Waals surface area contributed by atoms with Gasteiger partial charge < -0.3 is 4.74 Å². The van der Waals surface area contributed by atoms with E-state index < -0.39 is 16.1 Å². The van der Waals surface area contributed by atoms with E-state index in [-0.39, 0.29) is 16.4 Å². The summed E-state index contributed by atoms with van der Waals surface area (Å²) in [4.78, 5) is 12.4. The third-order valence-electron chi connectivity index (χ3n) is 3.60. The summed E-state index contributed by atoms with van der Waals surface area (Å²) in [5.41, 5.74) is 1.06. The van der Waals surface area contributed by atoms with E-state index in [1.54, 1.807) is 32.9 Å². The zero-order valence-electron chi connectivity index (χ0n) is 13.7. The molecule has 2 aromatic carbocycles. The molecular weight excluding hydrogens is 570 g/mol. The number of esters is 1. The van der Waals surface area contributed by atoms with Crippen LogP contribution in [-0.4, -0.2) is 18.9 Å². The SMILES string of the molecule is Cc1cc(S(=O)(=O)O)c(C(C)C)cc1C(=O)Oc1cccc(I)c1I. The maximum atomic E-state index is 12.6. The van der Waals surface area contributed by atoms with Crippen LogP contribution < -0.4 is 4.74 Å². The Kier molecular flexibility index (Phi) is 6.50. The van der Waals surface area contributed by atoms with Gasteiger partial charge in [0.1, 0.15) is 5.75 Å². The summed E-state index contributed by atoms with van der Waals surface area (Å²) in [7, 11) is -4.37. The van der Waals surface area contributed by atoms with Crippen molar-refractivity contribution >= 4 is 61.3 Å². The van der Waals surface area contributed by atoms with E-state index in [0.717, 1.165) is 7.14 Å². The molecule has 0 bridgehead atoms. The quantitative estimate of drug-likeness (QED) is 0.241. The van der Waals surface area contributed by atoms with Crippen LogP contribution in [0.15, 0.2) is 35.2 Å². The Morgan fingerprint density at radius 2 is 1.84 bits per heavy atom. The van der Waals surface area contributed by atoms with Gasteiger partial charge in [-0.2, -0.15) is 8.42 Å². The van der Waals surface area contributed by atoms with Gasteiger partial charge in [-0.1, -0.05) is 19.9 Å². The second-order valence-corrected chi connectivity index (χ2v) is 9.41. The minimum atomic E-state index is -4.37. The molecule has 2 rings (SSSR count). The summed E-state index contributed by atoms with van der Waals surface area (Å²) >= 11 is 4.25. The van der Waals surface area contributed by atoms with Crippen LogP contribution in [-0.2, 0) is 10.1 Å². The maximum absolute atomic E-state index is 12.6. The third kappa shape index (κ3) is 4.72. The molecule has 0 saturated heterocycles. The highest BCUT2D eigenvalue weighted by Gasteiger charge is 2.23. The van der Waals surface area contributed by atoms with Crippen molar-refractivity contribution in [1.29, 1.82) is 0 Å². The van der Waals surface area contributed by atoms with Crippen LogP contribution >= 0.6 is 45.2 Å². The molecule has 0 saturated carbocycles. The van der Waals surface area contributed by atoms with Crippen LogP contribution in [0.25, 0.3) is 0 Å². The molecule has 0 heterocycles. The van der Waals surface area contributed by atoms with E-state index in [1.807, 2.05) is 6.07 Å². The van der Waals surface area contributed by atoms with E-state index in [0.29, 0.717) is 16.9 Å². The van der Waals surface area contributed by atoms with Gasteiger partial charge in [0, 0.05) is 3.57 Å². The molecule has 0 aliphatic carbocycles. The predicted molar refractivity (Wildman–Crippen MR) is 112 cm³/mol. The van der Waals surface area contributed by atoms with Gasteiger partial charge in [-0.05, 0) is 93.4 Å². The molecular formula is C17H16I2O5S. The highest BCUT2D eigenvalue weighted by molar-refractivity contribution is 14.1. The molecule has 0 aliphatic heterocycles. The molecule has 25 heavy (non-hydrogen) atoms. The van der Waals surface area contributed by atoms with Crippen molar-refractivity contribution in [3.8, 4) is 5.75 Å². The fraction of sp³-hybridized carbons (Fsp3) is 0.235. The van der Waals surface area contributed by atoms with E-state index >= 15 is 0 Å². The molecule has 0 aliphatic rings. The molecule has 5 nitrogen and oxygen atoms in total. The fourth-order valence-corrected chi connectivity index (χ4v) is 4.17. The lowest BCUT2D eigenvalue weighted by molar-refractivity contribution is 0.0732. The lowest BCUT2D eigenvalue weighted by atomic mass is 9.97. The molecule has 0 fully saturated rings. The zero-order valence-corrected chi connectivity index (χ0v) is 18.8. The summed E-state index contributed by atoms with van der Waals surface area (Å²) in [5.74, 6) is -0.315. The van der Waals surface area contributed by atoms with Crippen molar-refractivity contribution in [3.63, 3.8) is 0 Å². The second kappa shape index (κ2) is 7.89. The van der Waals surface area contributed by atoms with Gasteiger partial charge in [0.15, 0.2) is 0 Å². The van der Waals surface area contributed by atoms with Crippen LogP contribution in [0.2, 0.25) is 0 Å². The Morgan fingerprint density at radius 1 is 1.20 bits per heavy atom.